The first-order chi connectivity index (χ1) is 9.35. The lowest BCUT2D eigenvalue weighted by Crippen LogP contribution is -2.53. The number of quaternary nitrogens is 1. The number of hydrogen-bond acceptors (Lipinski definition) is 0. The molecule has 0 saturated heterocycles. The van der Waals surface area contributed by atoms with E-state index < -0.39 is 0 Å². The van der Waals surface area contributed by atoms with Crippen molar-refractivity contribution in [1.82, 2.24) is 0 Å². The summed E-state index contributed by atoms with van der Waals surface area (Å²) in [6.07, 6.45) is 20.0. The lowest BCUT2D eigenvalue weighted by atomic mass is 9.94. The Morgan fingerprint density at radius 1 is 0.579 bits per heavy atom. The molecule has 0 aromatic rings. The van der Waals surface area contributed by atoms with Crippen molar-refractivity contribution in [3.8, 4) is 0 Å². The Morgan fingerprint density at radius 3 is 1.32 bits per heavy atom. The summed E-state index contributed by atoms with van der Waals surface area (Å²) in [5.41, 5.74) is 4.14. The normalized spacial score (nSPS) is 11.4. The minimum atomic E-state index is 0.914. The average molecular weight is 271 g/mol. The molecule has 19 heavy (non-hydrogen) atoms. The largest absolute Gasteiger partial charge is 0.357 e. The number of rotatable bonds is 15. The smallest absolute Gasteiger partial charge is 0.0768 e. The second-order valence-electron chi connectivity index (χ2n) is 6.27. The van der Waals surface area contributed by atoms with Crippen LogP contribution in [0.15, 0.2) is 0 Å². The maximum absolute atomic E-state index is 4.14. The van der Waals surface area contributed by atoms with Gasteiger partial charge in [-0.25, -0.2) is 0 Å². The molecule has 0 aromatic heterocycles. The fraction of sp³-hybridized carbons (Fsp3) is 1.00. The molecular weight excluding hydrogens is 230 g/mol. The average Bonchev–Trinajstić information content (AvgIpc) is 2.44. The van der Waals surface area contributed by atoms with Crippen molar-refractivity contribution in [2.45, 2.75) is 104 Å². The van der Waals surface area contributed by atoms with Crippen molar-refractivity contribution in [1.29, 1.82) is 0 Å². The second kappa shape index (κ2) is 16.0. The predicted molar refractivity (Wildman–Crippen MR) is 87.2 cm³/mol. The van der Waals surface area contributed by atoms with E-state index in [1.807, 2.05) is 0 Å². The molecule has 0 rings (SSSR count). The predicted octanol–water partition coefficient (Wildman–Crippen LogP) is 5.35. The molecule has 0 heterocycles. The van der Waals surface area contributed by atoms with Crippen LogP contribution < -0.4 is 5.73 Å². The van der Waals surface area contributed by atoms with Gasteiger partial charge in [0.1, 0.15) is 0 Å². The van der Waals surface area contributed by atoms with E-state index in [1.54, 1.807) is 0 Å². The van der Waals surface area contributed by atoms with Crippen LogP contribution in [0.1, 0.15) is 104 Å². The van der Waals surface area contributed by atoms with Crippen LogP contribution in [0.3, 0.4) is 0 Å². The summed E-state index contributed by atoms with van der Waals surface area (Å²) >= 11 is 0. The van der Waals surface area contributed by atoms with Crippen LogP contribution in [-0.2, 0) is 0 Å². The van der Waals surface area contributed by atoms with Crippen LogP contribution in [0.4, 0.5) is 0 Å². The summed E-state index contributed by atoms with van der Waals surface area (Å²) < 4.78 is 0. The molecule has 0 atom stereocenters. The first-order valence-electron chi connectivity index (χ1n) is 9.14. The highest BCUT2D eigenvalue weighted by Crippen LogP contribution is 2.17. The molecule has 116 valence electrons. The first-order valence-corrected chi connectivity index (χ1v) is 9.14. The molecular formula is C18H40N+. The van der Waals surface area contributed by atoms with Gasteiger partial charge in [0, 0.05) is 5.92 Å². The fourth-order valence-corrected chi connectivity index (χ4v) is 2.86. The van der Waals surface area contributed by atoms with Gasteiger partial charge in [-0.1, -0.05) is 90.9 Å². The van der Waals surface area contributed by atoms with Crippen LogP contribution in [0.2, 0.25) is 0 Å². The van der Waals surface area contributed by atoms with Crippen LogP contribution in [-0.4, -0.2) is 6.54 Å². The van der Waals surface area contributed by atoms with E-state index in [1.165, 1.54) is 89.9 Å². The van der Waals surface area contributed by atoms with Crippen molar-refractivity contribution in [2.24, 2.45) is 5.92 Å². The molecule has 0 aliphatic rings. The summed E-state index contributed by atoms with van der Waals surface area (Å²) in [4.78, 5) is 0. The molecule has 0 aliphatic heterocycles. The molecule has 0 bridgehead atoms. The summed E-state index contributed by atoms with van der Waals surface area (Å²) in [6, 6.07) is 0. The van der Waals surface area contributed by atoms with Gasteiger partial charge in [0.25, 0.3) is 0 Å². The fourth-order valence-electron chi connectivity index (χ4n) is 2.86. The molecule has 0 saturated carbocycles. The molecule has 1 heteroatoms. The highest BCUT2D eigenvalue weighted by Gasteiger charge is 2.07. The molecule has 0 amide bonds. The Labute approximate surface area is 122 Å². The van der Waals surface area contributed by atoms with E-state index in [0.717, 1.165) is 12.5 Å². The monoisotopic (exact) mass is 270 g/mol. The van der Waals surface area contributed by atoms with E-state index in [2.05, 4.69) is 19.6 Å². The van der Waals surface area contributed by atoms with E-state index in [-0.39, 0.29) is 0 Å². The zero-order chi connectivity index (χ0) is 14.2. The molecule has 1 nitrogen and oxygen atoms in total. The van der Waals surface area contributed by atoms with Gasteiger partial charge in [0.05, 0.1) is 6.54 Å². The van der Waals surface area contributed by atoms with E-state index >= 15 is 0 Å². The maximum Gasteiger partial charge on any atom is 0.0768 e. The summed E-state index contributed by atoms with van der Waals surface area (Å²) in [5.74, 6) is 0.914. The topological polar surface area (TPSA) is 27.6 Å². The molecule has 0 aliphatic carbocycles. The number of hydrogen-bond donors (Lipinski definition) is 1. The minimum absolute atomic E-state index is 0.914. The van der Waals surface area contributed by atoms with E-state index in [0.29, 0.717) is 0 Å². The Balaban J connectivity index is 3.30. The lowest BCUT2D eigenvalue weighted by Gasteiger charge is -2.12. The van der Waals surface area contributed by atoms with E-state index in [4.69, 9.17) is 0 Å². The molecule has 0 spiro atoms. The molecule has 0 unspecified atom stereocenters. The summed E-state index contributed by atoms with van der Waals surface area (Å²) in [5, 5.41) is 0. The lowest BCUT2D eigenvalue weighted by molar-refractivity contribution is -0.379. The molecule has 3 N–H and O–H groups in total. The second-order valence-corrected chi connectivity index (χ2v) is 6.27. The van der Waals surface area contributed by atoms with Crippen LogP contribution in [0, 0.1) is 5.92 Å². The molecule has 0 fully saturated rings. The first kappa shape index (κ1) is 19.0. The van der Waals surface area contributed by atoms with Gasteiger partial charge in [-0.05, 0) is 12.8 Å². The Kier molecular flexibility index (Phi) is 16.0. The third kappa shape index (κ3) is 14.2. The van der Waals surface area contributed by atoms with Gasteiger partial charge in [-0.3, -0.25) is 0 Å². The van der Waals surface area contributed by atoms with Crippen LogP contribution in [0.5, 0.6) is 0 Å². The molecule has 0 radical (unpaired) electrons. The Bertz CT molecular complexity index is 140. The van der Waals surface area contributed by atoms with Crippen molar-refractivity contribution in [3.05, 3.63) is 0 Å². The Hall–Kier alpha value is -0.0400. The van der Waals surface area contributed by atoms with Gasteiger partial charge >= 0.3 is 0 Å². The van der Waals surface area contributed by atoms with Gasteiger partial charge < -0.3 is 5.73 Å². The summed E-state index contributed by atoms with van der Waals surface area (Å²) in [7, 11) is 0. The SMILES string of the molecule is CCCCCCCCC(C[NH3+])CCCCCCCC. The van der Waals surface area contributed by atoms with Crippen molar-refractivity contribution >= 4 is 0 Å². The van der Waals surface area contributed by atoms with Crippen LogP contribution in [0.25, 0.3) is 0 Å². The standard InChI is InChI=1S/C18H39N/c1-3-5-7-9-11-13-15-18(17-19)16-14-12-10-8-6-4-2/h18H,3-17,19H2,1-2H3/p+1. The van der Waals surface area contributed by atoms with Crippen molar-refractivity contribution < 1.29 is 5.73 Å². The van der Waals surface area contributed by atoms with Gasteiger partial charge in [-0.2, -0.15) is 0 Å². The maximum atomic E-state index is 4.14. The highest BCUT2D eigenvalue weighted by molar-refractivity contribution is 4.59. The minimum Gasteiger partial charge on any atom is -0.357 e. The van der Waals surface area contributed by atoms with Crippen LogP contribution >= 0.6 is 0 Å². The molecule has 0 aromatic carbocycles. The summed E-state index contributed by atoms with van der Waals surface area (Å²) in [6.45, 7) is 5.74. The number of unbranched alkanes of at least 4 members (excludes halogenated alkanes) is 10. The quantitative estimate of drug-likeness (QED) is 0.389. The van der Waals surface area contributed by atoms with Gasteiger partial charge in [0.15, 0.2) is 0 Å². The van der Waals surface area contributed by atoms with Crippen molar-refractivity contribution in [2.75, 3.05) is 6.54 Å². The zero-order valence-corrected chi connectivity index (χ0v) is 13.9. The highest BCUT2D eigenvalue weighted by atomic mass is 14.5. The zero-order valence-electron chi connectivity index (χ0n) is 13.9. The van der Waals surface area contributed by atoms with E-state index in [9.17, 15) is 0 Å². The third-order valence-electron chi connectivity index (χ3n) is 4.34. The van der Waals surface area contributed by atoms with Crippen molar-refractivity contribution in [3.63, 3.8) is 0 Å². The Morgan fingerprint density at radius 2 is 0.947 bits per heavy atom. The third-order valence-corrected chi connectivity index (χ3v) is 4.34. The van der Waals surface area contributed by atoms with Gasteiger partial charge in [0.2, 0.25) is 0 Å². The van der Waals surface area contributed by atoms with Gasteiger partial charge in [-0.15, -0.1) is 0 Å².